The van der Waals surface area contributed by atoms with Crippen LogP contribution in [0, 0.1) is 0 Å². The van der Waals surface area contributed by atoms with Gasteiger partial charge in [0.1, 0.15) is 11.9 Å². The van der Waals surface area contributed by atoms with Crippen LogP contribution in [0.3, 0.4) is 0 Å². The van der Waals surface area contributed by atoms with Crippen LogP contribution in [-0.2, 0) is 11.2 Å². The Balaban J connectivity index is 0.000000360. The molecule has 172 valence electrons. The van der Waals surface area contributed by atoms with Gasteiger partial charge in [-0.05, 0) is 68.8 Å². The van der Waals surface area contributed by atoms with Crippen LogP contribution in [0.25, 0.3) is 11.3 Å². The van der Waals surface area contributed by atoms with Crippen molar-refractivity contribution < 1.29 is 32.6 Å². The number of carbonyl (C=O) groups excluding carboxylic acids is 1. The Labute approximate surface area is 182 Å². The van der Waals surface area contributed by atoms with E-state index in [-0.39, 0.29) is 18.1 Å². The SMILES string of the molecule is CC1Cc2cc(-c3ccc(C(=O)NC4CCNCC4)nn3)ccc2O1.O=C(O)C(F)(F)F. The molecule has 1 atom stereocenters. The van der Waals surface area contributed by atoms with Crippen molar-refractivity contribution in [1.29, 1.82) is 0 Å². The molecule has 2 aliphatic rings. The lowest BCUT2D eigenvalue weighted by Gasteiger charge is -2.23. The van der Waals surface area contributed by atoms with E-state index in [4.69, 9.17) is 14.6 Å². The summed E-state index contributed by atoms with van der Waals surface area (Å²) in [7, 11) is 0. The second-order valence-corrected chi connectivity index (χ2v) is 7.56. The zero-order valence-corrected chi connectivity index (χ0v) is 17.3. The minimum Gasteiger partial charge on any atom is -0.490 e. The highest BCUT2D eigenvalue weighted by atomic mass is 19.4. The number of halogens is 3. The Bertz CT molecular complexity index is 961. The van der Waals surface area contributed by atoms with Crippen molar-refractivity contribution in [3.63, 3.8) is 0 Å². The molecule has 0 aliphatic carbocycles. The molecule has 3 heterocycles. The Hall–Kier alpha value is -3.21. The van der Waals surface area contributed by atoms with Crippen LogP contribution < -0.4 is 15.4 Å². The van der Waals surface area contributed by atoms with Gasteiger partial charge in [0.25, 0.3) is 5.91 Å². The van der Waals surface area contributed by atoms with Crippen molar-refractivity contribution in [2.75, 3.05) is 13.1 Å². The summed E-state index contributed by atoms with van der Waals surface area (Å²) in [6.45, 7) is 3.95. The van der Waals surface area contributed by atoms with E-state index in [9.17, 15) is 18.0 Å². The topological polar surface area (TPSA) is 113 Å². The summed E-state index contributed by atoms with van der Waals surface area (Å²) in [5.74, 6) is -1.96. The van der Waals surface area contributed by atoms with Crippen molar-refractivity contribution in [3.8, 4) is 17.0 Å². The monoisotopic (exact) mass is 452 g/mol. The molecule has 0 spiro atoms. The van der Waals surface area contributed by atoms with Gasteiger partial charge in [0, 0.05) is 18.0 Å². The lowest BCUT2D eigenvalue weighted by molar-refractivity contribution is -0.192. The zero-order valence-electron chi connectivity index (χ0n) is 17.3. The average molecular weight is 452 g/mol. The number of aliphatic carboxylic acids is 1. The summed E-state index contributed by atoms with van der Waals surface area (Å²) >= 11 is 0. The number of fused-ring (bicyclic) bond motifs is 1. The largest absolute Gasteiger partial charge is 0.490 e. The lowest BCUT2D eigenvalue weighted by atomic mass is 10.0. The van der Waals surface area contributed by atoms with Gasteiger partial charge in [0.15, 0.2) is 5.69 Å². The van der Waals surface area contributed by atoms with Gasteiger partial charge >= 0.3 is 12.1 Å². The molecule has 0 saturated carbocycles. The first-order valence-corrected chi connectivity index (χ1v) is 10.1. The third kappa shape index (κ3) is 6.16. The van der Waals surface area contributed by atoms with Crippen LogP contribution in [0.4, 0.5) is 13.2 Å². The standard InChI is InChI=1S/C19H22N4O2.C2HF3O2/c1-12-10-14-11-13(2-5-18(14)25-12)16-3-4-17(23-22-16)19(24)21-15-6-8-20-9-7-15;3-2(4,5)1(6)7/h2-5,11-12,15,20H,6-10H2,1H3,(H,21,24);(H,6,7). The molecule has 1 fully saturated rings. The van der Waals surface area contributed by atoms with Crippen molar-refractivity contribution in [2.24, 2.45) is 0 Å². The van der Waals surface area contributed by atoms with E-state index in [1.165, 1.54) is 5.56 Å². The number of carboxylic acids is 1. The molecule has 0 bridgehead atoms. The van der Waals surface area contributed by atoms with E-state index in [2.05, 4.69) is 33.8 Å². The maximum Gasteiger partial charge on any atom is 0.490 e. The molecule has 1 unspecified atom stereocenters. The number of nitrogens with zero attached hydrogens (tertiary/aromatic N) is 2. The summed E-state index contributed by atoms with van der Waals surface area (Å²) in [6.07, 6.45) is -2.05. The fourth-order valence-corrected chi connectivity index (χ4v) is 3.41. The third-order valence-corrected chi connectivity index (χ3v) is 5.01. The van der Waals surface area contributed by atoms with E-state index in [0.29, 0.717) is 5.69 Å². The van der Waals surface area contributed by atoms with Crippen molar-refractivity contribution in [1.82, 2.24) is 20.8 Å². The van der Waals surface area contributed by atoms with E-state index in [1.807, 2.05) is 18.2 Å². The number of carbonyl (C=O) groups is 2. The molecule has 1 amide bonds. The minimum atomic E-state index is -5.08. The summed E-state index contributed by atoms with van der Waals surface area (Å²) in [5.41, 5.74) is 3.31. The predicted molar refractivity (Wildman–Crippen MR) is 108 cm³/mol. The number of hydrogen-bond donors (Lipinski definition) is 3. The number of alkyl halides is 3. The molecular weight excluding hydrogens is 429 g/mol. The molecule has 11 heteroatoms. The third-order valence-electron chi connectivity index (χ3n) is 5.01. The molecule has 2 aliphatic heterocycles. The highest BCUT2D eigenvalue weighted by Gasteiger charge is 2.38. The number of hydrogen-bond acceptors (Lipinski definition) is 6. The van der Waals surface area contributed by atoms with E-state index in [0.717, 1.165) is 49.4 Å². The highest BCUT2D eigenvalue weighted by molar-refractivity contribution is 5.92. The summed E-state index contributed by atoms with van der Waals surface area (Å²) in [5, 5.41) is 21.8. The number of rotatable bonds is 3. The fourth-order valence-electron chi connectivity index (χ4n) is 3.41. The first kappa shape index (κ1) is 23.5. The summed E-state index contributed by atoms with van der Waals surface area (Å²) in [4.78, 5) is 21.2. The van der Waals surface area contributed by atoms with E-state index < -0.39 is 12.1 Å². The quantitative estimate of drug-likeness (QED) is 0.656. The minimum absolute atomic E-state index is 0.151. The van der Waals surface area contributed by atoms with Crippen LogP contribution in [0.1, 0.15) is 35.8 Å². The average Bonchev–Trinajstić information content (AvgIpc) is 3.13. The van der Waals surface area contributed by atoms with Gasteiger partial charge in [0.05, 0.1) is 5.69 Å². The number of carboxylic acid groups (broad SMARTS) is 1. The molecule has 8 nitrogen and oxygen atoms in total. The Morgan fingerprint density at radius 1 is 1.16 bits per heavy atom. The molecule has 32 heavy (non-hydrogen) atoms. The smallest absolute Gasteiger partial charge is 0.490 e. The summed E-state index contributed by atoms with van der Waals surface area (Å²) in [6, 6.07) is 9.87. The van der Waals surface area contributed by atoms with Gasteiger partial charge in [-0.3, -0.25) is 4.79 Å². The van der Waals surface area contributed by atoms with Crippen LogP contribution in [0.5, 0.6) is 5.75 Å². The fraction of sp³-hybridized carbons (Fsp3) is 0.429. The first-order valence-electron chi connectivity index (χ1n) is 10.1. The molecule has 1 aromatic carbocycles. The van der Waals surface area contributed by atoms with E-state index >= 15 is 0 Å². The molecular formula is C21H23F3N4O4. The van der Waals surface area contributed by atoms with Crippen LogP contribution in [0.15, 0.2) is 30.3 Å². The number of nitrogens with one attached hydrogen (secondary N) is 2. The maximum atomic E-state index is 12.3. The van der Waals surface area contributed by atoms with Gasteiger partial charge in [-0.25, -0.2) is 4.79 Å². The van der Waals surface area contributed by atoms with Crippen LogP contribution >= 0.6 is 0 Å². The number of ether oxygens (including phenoxy) is 1. The Morgan fingerprint density at radius 3 is 2.44 bits per heavy atom. The molecule has 2 aromatic rings. The normalized spacial score (nSPS) is 18.1. The lowest BCUT2D eigenvalue weighted by Crippen LogP contribution is -2.42. The van der Waals surface area contributed by atoms with Crippen molar-refractivity contribution in [2.45, 2.75) is 44.5 Å². The van der Waals surface area contributed by atoms with Crippen LogP contribution in [-0.4, -0.2) is 58.6 Å². The van der Waals surface area contributed by atoms with E-state index in [1.54, 1.807) is 6.07 Å². The van der Waals surface area contributed by atoms with Gasteiger partial charge in [-0.1, -0.05) is 0 Å². The maximum absolute atomic E-state index is 12.3. The molecule has 0 radical (unpaired) electrons. The first-order chi connectivity index (χ1) is 15.1. The van der Waals surface area contributed by atoms with Gasteiger partial charge in [-0.15, -0.1) is 10.2 Å². The molecule has 1 aromatic heterocycles. The van der Waals surface area contributed by atoms with Gasteiger partial charge < -0.3 is 20.5 Å². The number of amides is 1. The van der Waals surface area contributed by atoms with Crippen molar-refractivity contribution in [3.05, 3.63) is 41.6 Å². The second-order valence-electron chi connectivity index (χ2n) is 7.56. The number of aromatic nitrogens is 2. The van der Waals surface area contributed by atoms with Gasteiger partial charge in [0.2, 0.25) is 0 Å². The van der Waals surface area contributed by atoms with Crippen LogP contribution in [0.2, 0.25) is 0 Å². The second kappa shape index (κ2) is 9.94. The molecule has 3 N–H and O–H groups in total. The molecule has 4 rings (SSSR count). The number of piperidine rings is 1. The zero-order chi connectivity index (χ0) is 23.3. The Kier molecular flexibility index (Phi) is 7.29. The molecule has 1 saturated heterocycles. The highest BCUT2D eigenvalue weighted by Crippen LogP contribution is 2.32. The Morgan fingerprint density at radius 2 is 1.84 bits per heavy atom. The van der Waals surface area contributed by atoms with Gasteiger partial charge in [-0.2, -0.15) is 13.2 Å². The predicted octanol–water partition coefficient (Wildman–Crippen LogP) is 2.58. The van der Waals surface area contributed by atoms with Crippen molar-refractivity contribution >= 4 is 11.9 Å². The summed E-state index contributed by atoms with van der Waals surface area (Å²) < 4.78 is 37.5. The number of benzene rings is 1.